The Kier molecular flexibility index (Phi) is 4.24. The van der Waals surface area contributed by atoms with Gasteiger partial charge in [-0.2, -0.15) is 0 Å². The van der Waals surface area contributed by atoms with Crippen LogP contribution in [0.5, 0.6) is 0 Å². The van der Waals surface area contributed by atoms with Crippen LogP contribution in [0.4, 0.5) is 5.69 Å². The Hall–Kier alpha value is -1.63. The maximum Gasteiger partial charge on any atom is 0.340 e. The van der Waals surface area contributed by atoms with Crippen LogP contribution in [0.1, 0.15) is 10.4 Å². The van der Waals surface area contributed by atoms with Crippen molar-refractivity contribution in [3.63, 3.8) is 0 Å². The molecular formula is C10H13NO5. The van der Waals surface area contributed by atoms with Crippen molar-refractivity contribution < 1.29 is 24.9 Å². The summed E-state index contributed by atoms with van der Waals surface area (Å²) in [6, 6.07) is 5.86. The van der Waals surface area contributed by atoms with Crippen LogP contribution in [0.15, 0.2) is 24.3 Å². The standard InChI is InChI=1S/C10H13NO5/c11-7-3-1-6(2-4-7)9(14)16-10(15)8(13)5-12/h1-4,8,10,12-13,15H,5,11H2. The molecule has 0 aromatic heterocycles. The van der Waals surface area contributed by atoms with E-state index in [9.17, 15) is 4.79 Å². The number of anilines is 1. The largest absolute Gasteiger partial charge is 0.429 e. The lowest BCUT2D eigenvalue weighted by Gasteiger charge is -2.15. The number of hydrogen-bond donors (Lipinski definition) is 4. The molecule has 88 valence electrons. The highest BCUT2D eigenvalue weighted by Crippen LogP contribution is 2.08. The lowest BCUT2D eigenvalue weighted by atomic mass is 10.2. The molecule has 2 unspecified atom stereocenters. The van der Waals surface area contributed by atoms with Crippen LogP contribution in [0.2, 0.25) is 0 Å². The molecule has 16 heavy (non-hydrogen) atoms. The summed E-state index contributed by atoms with van der Waals surface area (Å²) in [4.78, 5) is 11.4. The quantitative estimate of drug-likeness (QED) is 0.301. The zero-order valence-corrected chi connectivity index (χ0v) is 8.41. The van der Waals surface area contributed by atoms with Gasteiger partial charge in [-0.3, -0.25) is 0 Å². The Morgan fingerprint density at radius 2 is 1.88 bits per heavy atom. The Morgan fingerprint density at radius 1 is 1.31 bits per heavy atom. The maximum atomic E-state index is 11.4. The first kappa shape index (κ1) is 12.4. The minimum atomic E-state index is -1.75. The highest BCUT2D eigenvalue weighted by atomic mass is 16.6. The highest BCUT2D eigenvalue weighted by molar-refractivity contribution is 5.89. The topological polar surface area (TPSA) is 113 Å². The Bertz CT molecular complexity index is 351. The second-order valence-corrected chi connectivity index (χ2v) is 3.17. The predicted molar refractivity (Wildman–Crippen MR) is 55.4 cm³/mol. The molecule has 0 amide bonds. The van der Waals surface area contributed by atoms with Gasteiger partial charge in [0.15, 0.2) is 0 Å². The third kappa shape index (κ3) is 3.20. The molecule has 1 rings (SSSR count). The molecule has 1 aromatic rings. The zero-order valence-electron chi connectivity index (χ0n) is 8.41. The van der Waals surface area contributed by atoms with Gasteiger partial charge in [0.2, 0.25) is 6.29 Å². The Morgan fingerprint density at radius 3 is 2.38 bits per heavy atom. The zero-order chi connectivity index (χ0) is 12.1. The number of carbonyl (C=O) groups is 1. The van der Waals surface area contributed by atoms with E-state index in [1.54, 1.807) is 0 Å². The smallest absolute Gasteiger partial charge is 0.340 e. The SMILES string of the molecule is Nc1ccc(C(=O)OC(O)C(O)CO)cc1. The molecule has 6 heteroatoms. The summed E-state index contributed by atoms with van der Waals surface area (Å²) in [6.45, 7) is -0.698. The first-order valence-electron chi connectivity index (χ1n) is 4.58. The molecule has 0 radical (unpaired) electrons. The van der Waals surface area contributed by atoms with Crippen LogP contribution in [0, 0.1) is 0 Å². The van der Waals surface area contributed by atoms with Gasteiger partial charge in [-0.15, -0.1) is 0 Å². The van der Waals surface area contributed by atoms with Gasteiger partial charge in [0.25, 0.3) is 0 Å². The maximum absolute atomic E-state index is 11.4. The summed E-state index contributed by atoms with van der Waals surface area (Å²) in [6.07, 6.45) is -3.27. The van der Waals surface area contributed by atoms with Crippen molar-refractivity contribution >= 4 is 11.7 Å². The predicted octanol–water partition coefficient (Wildman–Crippen LogP) is -0.903. The fourth-order valence-electron chi connectivity index (χ4n) is 0.966. The van der Waals surface area contributed by atoms with E-state index < -0.39 is 25.0 Å². The molecule has 0 aliphatic heterocycles. The minimum Gasteiger partial charge on any atom is -0.429 e. The van der Waals surface area contributed by atoms with Gasteiger partial charge in [-0.25, -0.2) is 4.79 Å². The average molecular weight is 227 g/mol. The molecule has 0 spiro atoms. The van der Waals surface area contributed by atoms with Gasteiger partial charge >= 0.3 is 5.97 Å². The normalized spacial score (nSPS) is 14.2. The van der Waals surface area contributed by atoms with Crippen LogP contribution in [0.3, 0.4) is 0 Å². The van der Waals surface area contributed by atoms with Crippen molar-refractivity contribution in [1.29, 1.82) is 0 Å². The molecule has 0 aliphatic rings. The number of nitrogens with two attached hydrogens (primary N) is 1. The van der Waals surface area contributed by atoms with Gasteiger partial charge in [-0.05, 0) is 24.3 Å². The average Bonchev–Trinajstić information content (AvgIpc) is 2.28. The summed E-state index contributed by atoms with van der Waals surface area (Å²) in [7, 11) is 0. The molecule has 0 bridgehead atoms. The number of aliphatic hydroxyl groups is 3. The third-order valence-corrected chi connectivity index (χ3v) is 1.89. The van der Waals surface area contributed by atoms with E-state index >= 15 is 0 Å². The van der Waals surface area contributed by atoms with Crippen LogP contribution < -0.4 is 5.73 Å². The molecule has 0 fully saturated rings. The first-order valence-corrected chi connectivity index (χ1v) is 4.58. The van der Waals surface area contributed by atoms with Crippen molar-refractivity contribution in [3.05, 3.63) is 29.8 Å². The number of ether oxygens (including phenoxy) is 1. The number of carbonyl (C=O) groups excluding carboxylic acids is 1. The monoisotopic (exact) mass is 227 g/mol. The molecule has 2 atom stereocenters. The van der Waals surface area contributed by atoms with Gasteiger partial charge in [0.1, 0.15) is 6.10 Å². The lowest BCUT2D eigenvalue weighted by Crippen LogP contribution is -2.33. The summed E-state index contributed by atoms with van der Waals surface area (Å²) in [5.41, 5.74) is 6.11. The number of benzene rings is 1. The molecule has 6 nitrogen and oxygen atoms in total. The molecule has 0 heterocycles. The summed E-state index contributed by atoms with van der Waals surface area (Å²) < 4.78 is 4.49. The lowest BCUT2D eigenvalue weighted by molar-refractivity contribution is -0.140. The summed E-state index contributed by atoms with van der Waals surface area (Å²) in [5.74, 6) is -0.806. The number of hydrogen-bond acceptors (Lipinski definition) is 6. The second kappa shape index (κ2) is 5.45. The fourth-order valence-corrected chi connectivity index (χ4v) is 0.966. The summed E-state index contributed by atoms with van der Waals surface area (Å²) >= 11 is 0. The first-order chi connectivity index (χ1) is 7.54. The van der Waals surface area contributed by atoms with Gasteiger partial charge < -0.3 is 25.8 Å². The van der Waals surface area contributed by atoms with E-state index in [1.807, 2.05) is 0 Å². The highest BCUT2D eigenvalue weighted by Gasteiger charge is 2.20. The second-order valence-electron chi connectivity index (χ2n) is 3.17. The van der Waals surface area contributed by atoms with Crippen LogP contribution in [0.25, 0.3) is 0 Å². The van der Waals surface area contributed by atoms with Crippen molar-refractivity contribution in [2.75, 3.05) is 12.3 Å². The van der Waals surface area contributed by atoms with Crippen LogP contribution >= 0.6 is 0 Å². The molecule has 0 saturated heterocycles. The fraction of sp³-hybridized carbons (Fsp3) is 0.300. The molecule has 0 saturated carbocycles. The van der Waals surface area contributed by atoms with E-state index in [1.165, 1.54) is 24.3 Å². The van der Waals surface area contributed by atoms with Gasteiger partial charge in [-0.1, -0.05) is 0 Å². The van der Waals surface area contributed by atoms with E-state index in [2.05, 4.69) is 4.74 Å². The van der Waals surface area contributed by atoms with E-state index in [0.29, 0.717) is 5.69 Å². The summed E-state index contributed by atoms with van der Waals surface area (Å²) in [5, 5.41) is 26.6. The Labute approximate surface area is 91.9 Å². The molecule has 0 aliphatic carbocycles. The number of aliphatic hydroxyl groups excluding tert-OH is 3. The van der Waals surface area contributed by atoms with E-state index in [0.717, 1.165) is 0 Å². The minimum absolute atomic E-state index is 0.193. The Balaban J connectivity index is 2.62. The van der Waals surface area contributed by atoms with Crippen molar-refractivity contribution in [2.24, 2.45) is 0 Å². The molecule has 5 N–H and O–H groups in total. The van der Waals surface area contributed by atoms with E-state index in [4.69, 9.17) is 21.1 Å². The third-order valence-electron chi connectivity index (χ3n) is 1.89. The van der Waals surface area contributed by atoms with Crippen LogP contribution in [-0.2, 0) is 4.74 Å². The van der Waals surface area contributed by atoms with Gasteiger partial charge in [0.05, 0.1) is 12.2 Å². The number of rotatable bonds is 4. The van der Waals surface area contributed by atoms with Crippen LogP contribution in [-0.4, -0.2) is 40.3 Å². The number of esters is 1. The van der Waals surface area contributed by atoms with Crippen molar-refractivity contribution in [1.82, 2.24) is 0 Å². The number of nitrogen functional groups attached to an aromatic ring is 1. The molecular weight excluding hydrogens is 214 g/mol. The van der Waals surface area contributed by atoms with Gasteiger partial charge in [0, 0.05) is 5.69 Å². The van der Waals surface area contributed by atoms with E-state index in [-0.39, 0.29) is 5.56 Å². The van der Waals surface area contributed by atoms with Crippen molar-refractivity contribution in [3.8, 4) is 0 Å². The molecule has 1 aromatic carbocycles. The van der Waals surface area contributed by atoms with Crippen molar-refractivity contribution in [2.45, 2.75) is 12.4 Å².